The van der Waals surface area contributed by atoms with E-state index >= 15 is 0 Å². The lowest BCUT2D eigenvalue weighted by atomic mass is 10.1. The Kier molecular flexibility index (Phi) is 6.06. The molecule has 0 aliphatic carbocycles. The molecule has 1 amide bonds. The van der Waals surface area contributed by atoms with Gasteiger partial charge in [-0.15, -0.1) is 11.3 Å². The number of fused-ring (bicyclic) bond motifs is 1. The Morgan fingerprint density at radius 1 is 1.03 bits per heavy atom. The maximum absolute atomic E-state index is 13.4. The van der Waals surface area contributed by atoms with Crippen molar-refractivity contribution in [2.75, 3.05) is 38.2 Å². The number of hydrogen-bond acceptors (Lipinski definition) is 6. The number of piperazine rings is 1. The fourth-order valence-electron chi connectivity index (χ4n) is 4.44. The molecule has 0 atom stereocenters. The van der Waals surface area contributed by atoms with Crippen LogP contribution in [0.1, 0.15) is 20.8 Å². The standard InChI is InChI=1S/C26H26N4O3S/c1-18-22-24(27-17-30(25(22)31)16-19-8-4-3-5-9-19)34-23(18)26(32)29-14-12-28(13-15-29)20-10-6-7-11-21(20)33-2/h3-11,17H,12-16H2,1-2H3. The molecule has 0 spiro atoms. The zero-order valence-electron chi connectivity index (χ0n) is 19.2. The van der Waals surface area contributed by atoms with Crippen molar-refractivity contribution in [3.05, 3.63) is 87.3 Å². The average Bonchev–Trinajstić information content (AvgIpc) is 3.23. The van der Waals surface area contributed by atoms with Gasteiger partial charge >= 0.3 is 0 Å². The quantitative estimate of drug-likeness (QED) is 0.440. The van der Waals surface area contributed by atoms with E-state index in [-0.39, 0.29) is 11.5 Å². The molecule has 2 aromatic carbocycles. The molecule has 0 bridgehead atoms. The van der Waals surface area contributed by atoms with Crippen molar-refractivity contribution in [1.29, 1.82) is 0 Å². The second-order valence-corrected chi connectivity index (χ2v) is 9.35. The maximum Gasteiger partial charge on any atom is 0.264 e. The number of thiophene rings is 1. The van der Waals surface area contributed by atoms with E-state index in [4.69, 9.17) is 4.74 Å². The van der Waals surface area contributed by atoms with E-state index in [0.717, 1.165) is 35.7 Å². The molecule has 0 unspecified atom stereocenters. The fourth-order valence-corrected chi connectivity index (χ4v) is 5.55. The van der Waals surface area contributed by atoms with Crippen LogP contribution in [-0.2, 0) is 6.54 Å². The molecule has 1 saturated heterocycles. The van der Waals surface area contributed by atoms with Crippen LogP contribution in [0.15, 0.2) is 65.7 Å². The lowest BCUT2D eigenvalue weighted by Gasteiger charge is -2.36. The number of para-hydroxylation sites is 2. The van der Waals surface area contributed by atoms with Crippen LogP contribution in [0.4, 0.5) is 5.69 Å². The summed E-state index contributed by atoms with van der Waals surface area (Å²) in [6.07, 6.45) is 1.58. The minimum atomic E-state index is -0.109. The number of methoxy groups -OCH3 is 1. The Morgan fingerprint density at radius 3 is 2.47 bits per heavy atom. The van der Waals surface area contributed by atoms with Crippen LogP contribution in [0.25, 0.3) is 10.2 Å². The largest absolute Gasteiger partial charge is 0.495 e. The zero-order valence-corrected chi connectivity index (χ0v) is 20.0. The van der Waals surface area contributed by atoms with E-state index in [9.17, 15) is 9.59 Å². The number of rotatable bonds is 5. The monoisotopic (exact) mass is 474 g/mol. The van der Waals surface area contributed by atoms with E-state index in [1.807, 2.05) is 66.4 Å². The summed E-state index contributed by atoms with van der Waals surface area (Å²) in [5, 5.41) is 0.541. The second kappa shape index (κ2) is 9.30. The van der Waals surface area contributed by atoms with Crippen LogP contribution in [0.3, 0.4) is 0 Å². The summed E-state index contributed by atoms with van der Waals surface area (Å²) in [7, 11) is 1.67. The van der Waals surface area contributed by atoms with Gasteiger partial charge in [0.25, 0.3) is 11.5 Å². The van der Waals surface area contributed by atoms with Crippen molar-refractivity contribution in [1.82, 2.24) is 14.5 Å². The molecule has 3 heterocycles. The molecule has 0 N–H and O–H groups in total. The van der Waals surface area contributed by atoms with Gasteiger partial charge in [-0.1, -0.05) is 42.5 Å². The van der Waals surface area contributed by atoms with Gasteiger partial charge in [0, 0.05) is 26.2 Å². The number of amides is 1. The lowest BCUT2D eigenvalue weighted by molar-refractivity contribution is 0.0751. The number of benzene rings is 2. The molecule has 7 nitrogen and oxygen atoms in total. The molecule has 1 aliphatic rings. The van der Waals surface area contributed by atoms with Crippen LogP contribution in [0.2, 0.25) is 0 Å². The Balaban J connectivity index is 1.36. The minimum absolute atomic E-state index is 0.0332. The number of carbonyl (C=O) groups is 1. The number of nitrogens with zero attached hydrogens (tertiary/aromatic N) is 4. The van der Waals surface area contributed by atoms with Crippen molar-refractivity contribution in [2.24, 2.45) is 0 Å². The molecule has 2 aromatic heterocycles. The summed E-state index contributed by atoms with van der Waals surface area (Å²) in [5.74, 6) is 0.801. The highest BCUT2D eigenvalue weighted by atomic mass is 32.1. The van der Waals surface area contributed by atoms with E-state index in [1.54, 1.807) is 18.0 Å². The number of ether oxygens (including phenoxy) is 1. The van der Waals surface area contributed by atoms with E-state index < -0.39 is 0 Å². The lowest BCUT2D eigenvalue weighted by Crippen LogP contribution is -2.48. The van der Waals surface area contributed by atoms with Gasteiger partial charge in [0.05, 0.1) is 35.9 Å². The first-order chi connectivity index (χ1) is 16.6. The first-order valence-corrected chi connectivity index (χ1v) is 12.1. The van der Waals surface area contributed by atoms with Crippen LogP contribution in [0.5, 0.6) is 5.75 Å². The average molecular weight is 475 g/mol. The molecule has 1 fully saturated rings. The molecule has 174 valence electrons. The Hall–Kier alpha value is -3.65. The maximum atomic E-state index is 13.4. The predicted octanol–water partition coefficient (Wildman–Crippen LogP) is 3.79. The van der Waals surface area contributed by atoms with Gasteiger partial charge in [-0.05, 0) is 30.2 Å². The van der Waals surface area contributed by atoms with Crippen LogP contribution < -0.4 is 15.2 Å². The SMILES string of the molecule is COc1ccccc1N1CCN(C(=O)c2sc3ncn(Cc4ccccc4)c(=O)c3c2C)CC1. The normalized spacial score (nSPS) is 13.9. The summed E-state index contributed by atoms with van der Waals surface area (Å²) < 4.78 is 7.10. The molecular weight excluding hydrogens is 448 g/mol. The van der Waals surface area contributed by atoms with Gasteiger partial charge in [0.2, 0.25) is 0 Å². The summed E-state index contributed by atoms with van der Waals surface area (Å²) in [5.41, 5.74) is 2.68. The van der Waals surface area contributed by atoms with Crippen LogP contribution in [0, 0.1) is 6.92 Å². The topological polar surface area (TPSA) is 67.7 Å². The Labute approximate surface area is 201 Å². The summed E-state index contributed by atoms with van der Waals surface area (Å²) >= 11 is 1.31. The van der Waals surface area contributed by atoms with Crippen molar-refractivity contribution in [2.45, 2.75) is 13.5 Å². The third-order valence-corrected chi connectivity index (χ3v) is 7.49. The molecule has 1 aliphatic heterocycles. The highest BCUT2D eigenvalue weighted by Gasteiger charge is 2.27. The first kappa shape index (κ1) is 22.2. The minimum Gasteiger partial charge on any atom is -0.495 e. The van der Waals surface area contributed by atoms with Gasteiger partial charge in [0.15, 0.2) is 0 Å². The molecule has 0 radical (unpaired) electrons. The highest BCUT2D eigenvalue weighted by Crippen LogP contribution is 2.31. The molecule has 8 heteroatoms. The fraction of sp³-hybridized carbons (Fsp3) is 0.269. The van der Waals surface area contributed by atoms with E-state index in [2.05, 4.69) is 9.88 Å². The number of aromatic nitrogens is 2. The summed E-state index contributed by atoms with van der Waals surface area (Å²) in [6, 6.07) is 17.8. The van der Waals surface area contributed by atoms with Crippen LogP contribution in [-0.4, -0.2) is 53.6 Å². The van der Waals surface area contributed by atoms with Gasteiger partial charge in [-0.3, -0.25) is 14.2 Å². The van der Waals surface area contributed by atoms with Gasteiger partial charge < -0.3 is 14.5 Å². The second-order valence-electron chi connectivity index (χ2n) is 8.35. The first-order valence-electron chi connectivity index (χ1n) is 11.3. The van der Waals surface area contributed by atoms with Gasteiger partial charge in [-0.25, -0.2) is 4.98 Å². The molecule has 0 saturated carbocycles. The summed E-state index contributed by atoms with van der Waals surface area (Å²) in [6.45, 7) is 4.96. The van der Waals surface area contributed by atoms with Crippen molar-refractivity contribution in [3.63, 3.8) is 0 Å². The molecule has 4 aromatic rings. The number of anilines is 1. The Morgan fingerprint density at radius 2 is 1.74 bits per heavy atom. The van der Waals surface area contributed by atoms with Gasteiger partial charge in [0.1, 0.15) is 10.6 Å². The van der Waals surface area contributed by atoms with Gasteiger partial charge in [-0.2, -0.15) is 0 Å². The zero-order chi connectivity index (χ0) is 23.7. The predicted molar refractivity (Wildman–Crippen MR) is 135 cm³/mol. The molecular formula is C26H26N4O3S. The van der Waals surface area contributed by atoms with Crippen molar-refractivity contribution in [3.8, 4) is 5.75 Å². The third-order valence-electron chi connectivity index (χ3n) is 6.30. The smallest absolute Gasteiger partial charge is 0.264 e. The number of hydrogen-bond donors (Lipinski definition) is 0. The highest BCUT2D eigenvalue weighted by molar-refractivity contribution is 7.20. The van der Waals surface area contributed by atoms with E-state index in [1.165, 1.54) is 11.3 Å². The molecule has 5 rings (SSSR count). The summed E-state index contributed by atoms with van der Waals surface area (Å²) in [4.78, 5) is 36.4. The number of aryl methyl sites for hydroxylation is 1. The van der Waals surface area contributed by atoms with Crippen LogP contribution >= 0.6 is 11.3 Å². The third kappa shape index (κ3) is 4.05. The Bertz CT molecular complexity index is 1390. The number of carbonyl (C=O) groups excluding carboxylic acids is 1. The van der Waals surface area contributed by atoms with Crippen molar-refractivity contribution < 1.29 is 9.53 Å². The molecule has 34 heavy (non-hydrogen) atoms. The van der Waals surface area contributed by atoms with E-state index in [0.29, 0.717) is 34.7 Å². The van der Waals surface area contributed by atoms with Crippen molar-refractivity contribution >= 4 is 33.1 Å².